The number of aromatic amines is 1. The summed E-state index contributed by atoms with van der Waals surface area (Å²) in [5.74, 6) is 1.80. The SMILES string of the molecule is CN1CCC(C2CN(C)CC(N)C2c2ccnc3cc[nH]c23)CC1. The zero-order chi connectivity index (χ0) is 16.7. The molecule has 0 amide bonds. The molecule has 0 bridgehead atoms. The van der Waals surface area contributed by atoms with Crippen LogP contribution < -0.4 is 5.73 Å². The third-order valence-corrected chi connectivity index (χ3v) is 6.18. The summed E-state index contributed by atoms with van der Waals surface area (Å²) in [5.41, 5.74) is 10.3. The van der Waals surface area contributed by atoms with Crippen LogP contribution in [-0.2, 0) is 0 Å². The molecule has 5 nitrogen and oxygen atoms in total. The fourth-order valence-corrected chi connectivity index (χ4v) is 4.96. The summed E-state index contributed by atoms with van der Waals surface area (Å²) in [5, 5.41) is 0. The Kier molecular flexibility index (Phi) is 4.33. The molecule has 4 rings (SSSR count). The van der Waals surface area contributed by atoms with Gasteiger partial charge >= 0.3 is 0 Å². The van der Waals surface area contributed by atoms with Gasteiger partial charge in [0.2, 0.25) is 0 Å². The molecule has 5 heteroatoms. The van der Waals surface area contributed by atoms with Gasteiger partial charge in [-0.3, -0.25) is 4.98 Å². The van der Waals surface area contributed by atoms with E-state index in [-0.39, 0.29) is 6.04 Å². The molecule has 0 radical (unpaired) electrons. The zero-order valence-corrected chi connectivity index (χ0v) is 14.8. The molecule has 3 atom stereocenters. The van der Waals surface area contributed by atoms with E-state index < -0.39 is 0 Å². The zero-order valence-electron chi connectivity index (χ0n) is 14.8. The van der Waals surface area contributed by atoms with Crippen molar-refractivity contribution in [3.8, 4) is 0 Å². The molecule has 4 heterocycles. The lowest BCUT2D eigenvalue weighted by atomic mass is 9.69. The normalized spacial score (nSPS) is 30.9. The molecular weight excluding hydrogens is 298 g/mol. The van der Waals surface area contributed by atoms with Gasteiger partial charge in [-0.05, 0) is 69.6 Å². The maximum Gasteiger partial charge on any atom is 0.0881 e. The number of nitrogens with one attached hydrogen (secondary N) is 1. The van der Waals surface area contributed by atoms with E-state index in [1.807, 2.05) is 12.4 Å². The Balaban J connectivity index is 1.70. The van der Waals surface area contributed by atoms with Crippen LogP contribution >= 0.6 is 0 Å². The summed E-state index contributed by atoms with van der Waals surface area (Å²) in [6, 6.07) is 4.43. The number of aromatic nitrogens is 2. The van der Waals surface area contributed by atoms with Gasteiger partial charge in [0.1, 0.15) is 0 Å². The van der Waals surface area contributed by atoms with Gasteiger partial charge in [-0.1, -0.05) is 0 Å². The number of hydrogen-bond acceptors (Lipinski definition) is 4. The molecule has 2 aromatic rings. The second kappa shape index (κ2) is 6.47. The predicted octanol–water partition coefficient (Wildman–Crippen LogP) is 1.88. The van der Waals surface area contributed by atoms with Crippen molar-refractivity contribution in [1.82, 2.24) is 19.8 Å². The van der Waals surface area contributed by atoms with E-state index in [1.165, 1.54) is 37.0 Å². The molecule has 0 aliphatic carbocycles. The topological polar surface area (TPSA) is 61.2 Å². The number of nitrogens with zero attached hydrogens (tertiary/aromatic N) is 3. The highest BCUT2D eigenvalue weighted by Gasteiger charge is 2.40. The van der Waals surface area contributed by atoms with Crippen LogP contribution in [0.15, 0.2) is 24.5 Å². The number of hydrogen-bond donors (Lipinski definition) is 2. The van der Waals surface area contributed by atoms with Crippen molar-refractivity contribution in [1.29, 1.82) is 0 Å². The Bertz CT molecular complexity index is 688. The minimum Gasteiger partial charge on any atom is -0.360 e. The lowest BCUT2D eigenvalue weighted by Crippen LogP contribution is -2.53. The summed E-state index contributed by atoms with van der Waals surface area (Å²) in [7, 11) is 4.45. The Morgan fingerprint density at radius 2 is 1.92 bits per heavy atom. The van der Waals surface area contributed by atoms with Gasteiger partial charge in [-0.15, -0.1) is 0 Å². The van der Waals surface area contributed by atoms with E-state index in [2.05, 4.69) is 46.0 Å². The first kappa shape index (κ1) is 16.1. The van der Waals surface area contributed by atoms with E-state index in [9.17, 15) is 0 Å². The molecule has 3 N–H and O–H groups in total. The first-order chi connectivity index (χ1) is 11.6. The highest BCUT2D eigenvalue weighted by molar-refractivity contribution is 5.79. The van der Waals surface area contributed by atoms with Crippen molar-refractivity contribution in [2.45, 2.75) is 24.8 Å². The lowest BCUT2D eigenvalue weighted by molar-refractivity contribution is 0.0800. The lowest BCUT2D eigenvalue weighted by Gasteiger charge is -2.46. The number of nitrogens with two attached hydrogens (primary N) is 1. The number of piperidine rings is 2. The monoisotopic (exact) mass is 327 g/mol. The van der Waals surface area contributed by atoms with E-state index in [0.29, 0.717) is 11.8 Å². The van der Waals surface area contributed by atoms with Gasteiger partial charge in [-0.2, -0.15) is 0 Å². The van der Waals surface area contributed by atoms with Gasteiger partial charge < -0.3 is 20.5 Å². The van der Waals surface area contributed by atoms with Crippen LogP contribution in [-0.4, -0.2) is 66.1 Å². The van der Waals surface area contributed by atoms with Gasteiger partial charge in [0.25, 0.3) is 0 Å². The van der Waals surface area contributed by atoms with Crippen LogP contribution in [0.3, 0.4) is 0 Å². The fraction of sp³-hybridized carbons (Fsp3) is 0.632. The van der Waals surface area contributed by atoms with E-state index in [4.69, 9.17) is 5.73 Å². The second-order valence-electron chi connectivity index (χ2n) is 7.85. The minimum atomic E-state index is 0.183. The Labute approximate surface area is 144 Å². The predicted molar refractivity (Wildman–Crippen MR) is 98.0 cm³/mol. The largest absolute Gasteiger partial charge is 0.360 e. The van der Waals surface area contributed by atoms with Crippen molar-refractivity contribution in [2.24, 2.45) is 17.6 Å². The van der Waals surface area contributed by atoms with Crippen LogP contribution in [0.25, 0.3) is 11.0 Å². The number of rotatable bonds is 2. The maximum absolute atomic E-state index is 6.70. The molecule has 0 spiro atoms. The molecule has 3 unspecified atom stereocenters. The van der Waals surface area contributed by atoms with Crippen molar-refractivity contribution < 1.29 is 0 Å². The van der Waals surface area contributed by atoms with Crippen molar-refractivity contribution in [3.05, 3.63) is 30.1 Å². The van der Waals surface area contributed by atoms with Crippen molar-refractivity contribution in [3.63, 3.8) is 0 Å². The minimum absolute atomic E-state index is 0.183. The third kappa shape index (κ3) is 2.85. The van der Waals surface area contributed by atoms with Gasteiger partial charge in [0.05, 0.1) is 11.0 Å². The van der Waals surface area contributed by atoms with Crippen molar-refractivity contribution >= 4 is 11.0 Å². The van der Waals surface area contributed by atoms with Crippen LogP contribution in [0.2, 0.25) is 0 Å². The Morgan fingerprint density at radius 1 is 1.12 bits per heavy atom. The number of likely N-dealkylation sites (tertiary alicyclic amines) is 2. The second-order valence-corrected chi connectivity index (χ2v) is 7.85. The summed E-state index contributed by atoms with van der Waals surface area (Å²) >= 11 is 0. The molecule has 24 heavy (non-hydrogen) atoms. The smallest absolute Gasteiger partial charge is 0.0881 e. The summed E-state index contributed by atoms with van der Waals surface area (Å²) in [6.07, 6.45) is 6.52. The van der Waals surface area contributed by atoms with Crippen molar-refractivity contribution in [2.75, 3.05) is 40.3 Å². The van der Waals surface area contributed by atoms with E-state index in [1.54, 1.807) is 0 Å². The van der Waals surface area contributed by atoms with Gasteiger partial charge in [0.15, 0.2) is 0 Å². The Morgan fingerprint density at radius 3 is 2.71 bits per heavy atom. The molecule has 2 aliphatic heterocycles. The number of H-pyrrole nitrogens is 1. The van der Waals surface area contributed by atoms with Crippen LogP contribution in [0.5, 0.6) is 0 Å². The first-order valence-electron chi connectivity index (χ1n) is 9.18. The molecule has 0 saturated carbocycles. The van der Waals surface area contributed by atoms with E-state index >= 15 is 0 Å². The van der Waals surface area contributed by atoms with Crippen LogP contribution in [0.4, 0.5) is 0 Å². The van der Waals surface area contributed by atoms with Crippen LogP contribution in [0.1, 0.15) is 24.3 Å². The standard InChI is InChI=1S/C19H29N5/c1-23-9-5-13(6-10-23)15-11-24(2)12-16(20)18(15)14-3-7-21-17-4-8-22-19(14)17/h3-4,7-8,13,15-16,18,22H,5-6,9-12,20H2,1-2H3. The van der Waals surface area contributed by atoms with Gasteiger partial charge in [-0.25, -0.2) is 0 Å². The Hall–Kier alpha value is -1.43. The molecule has 2 aromatic heterocycles. The highest BCUT2D eigenvalue weighted by Crippen LogP contribution is 2.41. The molecular formula is C19H29N5. The molecule has 2 saturated heterocycles. The number of fused-ring (bicyclic) bond motifs is 1. The first-order valence-corrected chi connectivity index (χ1v) is 9.18. The number of pyridine rings is 1. The molecule has 2 aliphatic rings. The molecule has 0 aromatic carbocycles. The highest BCUT2D eigenvalue weighted by atomic mass is 15.1. The molecule has 2 fully saturated rings. The van der Waals surface area contributed by atoms with Gasteiger partial charge in [0, 0.05) is 37.4 Å². The average molecular weight is 327 g/mol. The average Bonchev–Trinajstić information content (AvgIpc) is 3.04. The number of likely N-dealkylation sites (N-methyl/N-ethyl adjacent to an activating group) is 1. The fourth-order valence-electron chi connectivity index (χ4n) is 4.96. The quantitative estimate of drug-likeness (QED) is 0.884. The summed E-state index contributed by atoms with van der Waals surface area (Å²) in [4.78, 5) is 12.8. The summed E-state index contributed by atoms with van der Waals surface area (Å²) < 4.78 is 0. The van der Waals surface area contributed by atoms with E-state index in [0.717, 1.165) is 24.5 Å². The molecule has 130 valence electrons. The third-order valence-electron chi connectivity index (χ3n) is 6.18. The van der Waals surface area contributed by atoms with Crippen LogP contribution in [0, 0.1) is 11.8 Å². The maximum atomic E-state index is 6.70. The summed E-state index contributed by atoms with van der Waals surface area (Å²) in [6.45, 7) is 4.54.